The standard InChI is InChI=1S/C14H17ClN2O2S/c15-11-6-7-12-13(9-11)20(18,19)17-14(16-12)8-10-4-2-1-3-5-10/h6-7,9-10H,1-5,8H2,(H,16,17). The zero-order valence-electron chi connectivity index (χ0n) is 11.1. The van der Waals surface area contributed by atoms with Crippen LogP contribution >= 0.6 is 11.6 Å². The smallest absolute Gasteiger partial charge is 0.286 e. The van der Waals surface area contributed by atoms with E-state index in [0.29, 0.717) is 28.9 Å². The minimum absolute atomic E-state index is 0.164. The summed E-state index contributed by atoms with van der Waals surface area (Å²) >= 11 is 5.86. The zero-order chi connectivity index (χ0) is 14.2. The lowest BCUT2D eigenvalue weighted by molar-refractivity contribution is 0.368. The SMILES string of the molecule is O=S1(=O)N=C(CC2CCCCC2)Nc2ccc(Cl)cc21. The van der Waals surface area contributed by atoms with E-state index in [2.05, 4.69) is 9.71 Å². The van der Waals surface area contributed by atoms with E-state index >= 15 is 0 Å². The topological polar surface area (TPSA) is 58.5 Å². The van der Waals surface area contributed by atoms with Crippen LogP contribution in [0.25, 0.3) is 0 Å². The molecule has 6 heteroatoms. The molecule has 1 aliphatic heterocycles. The van der Waals surface area contributed by atoms with Crippen molar-refractivity contribution < 1.29 is 8.42 Å². The van der Waals surface area contributed by atoms with Gasteiger partial charge in [0.15, 0.2) is 0 Å². The number of halogens is 1. The summed E-state index contributed by atoms with van der Waals surface area (Å²) in [6.45, 7) is 0. The average Bonchev–Trinajstić information content (AvgIpc) is 2.40. The summed E-state index contributed by atoms with van der Waals surface area (Å²) in [7, 11) is -3.62. The number of hydrogen-bond acceptors (Lipinski definition) is 3. The minimum Gasteiger partial charge on any atom is -0.342 e. The Hall–Kier alpha value is -1.07. The Labute approximate surface area is 124 Å². The van der Waals surface area contributed by atoms with Crippen LogP contribution in [0.2, 0.25) is 5.02 Å². The molecular formula is C14H17ClN2O2S. The molecule has 0 radical (unpaired) electrons. The number of anilines is 1. The van der Waals surface area contributed by atoms with Crippen molar-refractivity contribution in [1.82, 2.24) is 0 Å². The number of rotatable bonds is 2. The Morgan fingerprint density at radius 3 is 2.75 bits per heavy atom. The molecule has 1 fully saturated rings. The second kappa shape index (κ2) is 5.37. The molecule has 0 bridgehead atoms. The molecule has 20 heavy (non-hydrogen) atoms. The van der Waals surface area contributed by atoms with E-state index in [0.717, 1.165) is 12.8 Å². The number of benzene rings is 1. The van der Waals surface area contributed by atoms with Gasteiger partial charge in [0.2, 0.25) is 0 Å². The molecule has 1 aromatic carbocycles. The lowest BCUT2D eigenvalue weighted by Crippen LogP contribution is -2.24. The Morgan fingerprint density at radius 2 is 2.00 bits per heavy atom. The van der Waals surface area contributed by atoms with E-state index in [-0.39, 0.29) is 4.90 Å². The van der Waals surface area contributed by atoms with E-state index in [1.165, 1.54) is 25.3 Å². The van der Waals surface area contributed by atoms with Gasteiger partial charge in [-0.2, -0.15) is 8.42 Å². The van der Waals surface area contributed by atoms with Gasteiger partial charge in [-0.3, -0.25) is 0 Å². The van der Waals surface area contributed by atoms with Crippen LogP contribution in [0.3, 0.4) is 0 Å². The monoisotopic (exact) mass is 312 g/mol. The molecule has 1 saturated carbocycles. The molecule has 4 nitrogen and oxygen atoms in total. The molecule has 0 saturated heterocycles. The maximum atomic E-state index is 12.2. The molecule has 3 rings (SSSR count). The van der Waals surface area contributed by atoms with Crippen LogP contribution in [0.15, 0.2) is 27.5 Å². The fraction of sp³-hybridized carbons (Fsp3) is 0.500. The fourth-order valence-corrected chi connectivity index (χ4v) is 4.36. The second-order valence-electron chi connectivity index (χ2n) is 5.49. The van der Waals surface area contributed by atoms with E-state index in [4.69, 9.17) is 11.6 Å². The second-order valence-corrected chi connectivity index (χ2v) is 7.50. The Bertz CT molecular complexity index is 649. The van der Waals surface area contributed by atoms with Gasteiger partial charge < -0.3 is 5.32 Å². The number of amidine groups is 1. The maximum absolute atomic E-state index is 12.2. The van der Waals surface area contributed by atoms with Gasteiger partial charge in [-0.15, -0.1) is 4.40 Å². The first kappa shape index (κ1) is 13.9. The van der Waals surface area contributed by atoms with Crippen LogP contribution in [0, 0.1) is 5.92 Å². The summed E-state index contributed by atoms with van der Waals surface area (Å²) < 4.78 is 28.3. The quantitative estimate of drug-likeness (QED) is 0.903. The van der Waals surface area contributed by atoms with Crippen LogP contribution in [0.5, 0.6) is 0 Å². The van der Waals surface area contributed by atoms with Crippen molar-refractivity contribution >= 4 is 33.1 Å². The average molecular weight is 313 g/mol. The molecular weight excluding hydrogens is 296 g/mol. The molecule has 108 valence electrons. The Balaban J connectivity index is 1.85. The van der Waals surface area contributed by atoms with Crippen molar-refractivity contribution in [3.05, 3.63) is 23.2 Å². The Kier molecular flexibility index (Phi) is 3.73. The van der Waals surface area contributed by atoms with E-state index in [1.54, 1.807) is 12.1 Å². The first-order chi connectivity index (χ1) is 9.54. The highest BCUT2D eigenvalue weighted by atomic mass is 35.5. The fourth-order valence-electron chi connectivity index (χ4n) is 2.94. The van der Waals surface area contributed by atoms with Crippen molar-refractivity contribution in [3.8, 4) is 0 Å². The van der Waals surface area contributed by atoms with E-state index in [1.807, 2.05) is 0 Å². The highest BCUT2D eigenvalue weighted by Crippen LogP contribution is 2.33. The van der Waals surface area contributed by atoms with Crippen molar-refractivity contribution in [1.29, 1.82) is 0 Å². The van der Waals surface area contributed by atoms with Gasteiger partial charge in [0.25, 0.3) is 10.0 Å². The first-order valence-corrected chi connectivity index (χ1v) is 8.77. The van der Waals surface area contributed by atoms with Crippen LogP contribution in [-0.2, 0) is 10.0 Å². The van der Waals surface area contributed by atoms with Crippen molar-refractivity contribution in [2.45, 2.75) is 43.4 Å². The minimum atomic E-state index is -3.62. The van der Waals surface area contributed by atoms with Gasteiger partial charge in [0, 0.05) is 11.4 Å². The third kappa shape index (κ3) is 2.83. The largest absolute Gasteiger partial charge is 0.342 e. The summed E-state index contributed by atoms with van der Waals surface area (Å²) in [6.07, 6.45) is 6.79. The summed E-state index contributed by atoms with van der Waals surface area (Å²) in [5, 5.41) is 3.54. The van der Waals surface area contributed by atoms with E-state index < -0.39 is 10.0 Å². The molecule has 2 aliphatic rings. The van der Waals surface area contributed by atoms with Crippen LogP contribution in [0.1, 0.15) is 38.5 Å². The van der Waals surface area contributed by atoms with Crippen LogP contribution in [0.4, 0.5) is 5.69 Å². The lowest BCUT2D eigenvalue weighted by atomic mass is 9.86. The molecule has 0 unspecified atom stereocenters. The van der Waals surface area contributed by atoms with Gasteiger partial charge in [-0.25, -0.2) is 0 Å². The third-order valence-electron chi connectivity index (χ3n) is 3.94. The third-order valence-corrected chi connectivity index (χ3v) is 5.53. The van der Waals surface area contributed by atoms with Crippen molar-refractivity contribution in [2.24, 2.45) is 10.3 Å². The van der Waals surface area contributed by atoms with Crippen molar-refractivity contribution in [3.63, 3.8) is 0 Å². The molecule has 1 N–H and O–H groups in total. The van der Waals surface area contributed by atoms with Gasteiger partial charge >= 0.3 is 0 Å². The van der Waals surface area contributed by atoms with Crippen LogP contribution < -0.4 is 5.32 Å². The Morgan fingerprint density at radius 1 is 1.25 bits per heavy atom. The summed E-state index contributed by atoms with van der Waals surface area (Å²) in [5.74, 6) is 1.10. The highest BCUT2D eigenvalue weighted by Gasteiger charge is 2.26. The summed E-state index contributed by atoms with van der Waals surface area (Å²) in [4.78, 5) is 0.164. The van der Waals surface area contributed by atoms with Crippen LogP contribution in [-0.4, -0.2) is 14.3 Å². The van der Waals surface area contributed by atoms with Gasteiger partial charge in [0.1, 0.15) is 10.7 Å². The summed E-state index contributed by atoms with van der Waals surface area (Å²) in [6, 6.07) is 4.83. The normalized spacial score (nSPS) is 21.8. The van der Waals surface area contributed by atoms with Crippen molar-refractivity contribution in [2.75, 3.05) is 5.32 Å². The molecule has 1 heterocycles. The number of fused-ring (bicyclic) bond motifs is 1. The number of sulfonamides is 1. The van der Waals surface area contributed by atoms with E-state index in [9.17, 15) is 8.42 Å². The first-order valence-electron chi connectivity index (χ1n) is 6.95. The predicted octanol–water partition coefficient (Wildman–Crippen LogP) is 3.82. The highest BCUT2D eigenvalue weighted by molar-refractivity contribution is 7.90. The molecule has 0 aromatic heterocycles. The lowest BCUT2D eigenvalue weighted by Gasteiger charge is -2.24. The number of nitrogens with one attached hydrogen (secondary N) is 1. The number of hydrogen-bond donors (Lipinski definition) is 1. The molecule has 0 amide bonds. The molecule has 0 atom stereocenters. The molecule has 0 spiro atoms. The summed E-state index contributed by atoms with van der Waals surface area (Å²) in [5.41, 5.74) is 0.579. The molecule has 1 aliphatic carbocycles. The zero-order valence-corrected chi connectivity index (χ0v) is 12.7. The van der Waals surface area contributed by atoms with Gasteiger partial charge in [0.05, 0.1) is 5.69 Å². The van der Waals surface area contributed by atoms with Gasteiger partial charge in [-0.1, -0.05) is 43.7 Å². The van der Waals surface area contributed by atoms with Gasteiger partial charge in [-0.05, 0) is 24.1 Å². The molecule has 1 aromatic rings. The predicted molar refractivity (Wildman–Crippen MR) is 80.9 cm³/mol. The number of nitrogens with zero attached hydrogens (tertiary/aromatic N) is 1. The maximum Gasteiger partial charge on any atom is 0.286 e.